The summed E-state index contributed by atoms with van der Waals surface area (Å²) in [6.45, 7) is 1.99. The molecule has 6 atom stereocenters. The molecule has 0 aromatic heterocycles. The van der Waals surface area contributed by atoms with Crippen LogP contribution < -0.4 is 10.2 Å². The van der Waals surface area contributed by atoms with Crippen molar-refractivity contribution >= 4 is 47.0 Å². The van der Waals surface area contributed by atoms with Gasteiger partial charge in [0, 0.05) is 16.5 Å². The summed E-state index contributed by atoms with van der Waals surface area (Å²) in [5.41, 5.74) is 2.71. The summed E-state index contributed by atoms with van der Waals surface area (Å²) >= 11 is 6.31. The number of aromatic hydroxyl groups is 1. The zero-order valence-corrected chi connectivity index (χ0v) is 27.1. The van der Waals surface area contributed by atoms with Crippen LogP contribution in [-0.4, -0.2) is 58.5 Å². The SMILES string of the molecule is CCOc1cccc(C2C3=CCC4C(=O)N(C(=O)OC)C(=O)C4C3CC3C(=O)N(Nc4ccc(F)cc4)C(=O)C32c2ccc(Cl)cc2)c1O. The second kappa shape index (κ2) is 12.0. The summed E-state index contributed by atoms with van der Waals surface area (Å²) < 4.78 is 24.3. The van der Waals surface area contributed by atoms with Gasteiger partial charge in [0.15, 0.2) is 11.5 Å². The molecule has 4 aliphatic rings. The Bertz CT molecular complexity index is 1930. The third-order valence-electron chi connectivity index (χ3n) is 10.3. The van der Waals surface area contributed by atoms with Crippen LogP contribution in [0.15, 0.2) is 78.4 Å². The highest BCUT2D eigenvalue weighted by Gasteiger charge is 2.71. The number of benzene rings is 3. The molecule has 2 aliphatic carbocycles. The monoisotopic (exact) mass is 687 g/mol. The number of carbonyl (C=O) groups is 5. The Kier molecular flexibility index (Phi) is 7.93. The number of para-hydroxylation sites is 1. The number of hydrazine groups is 1. The fraction of sp³-hybridized carbons (Fsp3) is 0.306. The van der Waals surface area contributed by atoms with Crippen LogP contribution in [0.1, 0.15) is 36.8 Å². The van der Waals surface area contributed by atoms with E-state index >= 15 is 4.79 Å². The summed E-state index contributed by atoms with van der Waals surface area (Å²) in [5.74, 6) is -8.22. The van der Waals surface area contributed by atoms with Gasteiger partial charge in [0.05, 0.1) is 42.6 Å². The lowest BCUT2D eigenvalue weighted by atomic mass is 9.49. The molecule has 0 spiro atoms. The number of ether oxygens (including phenoxy) is 2. The first kappa shape index (κ1) is 32.3. The smallest absolute Gasteiger partial charge is 0.423 e. The van der Waals surface area contributed by atoms with Gasteiger partial charge in [0.25, 0.3) is 11.8 Å². The van der Waals surface area contributed by atoms with Crippen LogP contribution in [0.4, 0.5) is 14.9 Å². The lowest BCUT2D eigenvalue weighted by Gasteiger charge is -2.50. The first-order chi connectivity index (χ1) is 23.5. The quantitative estimate of drug-likeness (QED) is 0.260. The standard InChI is InChI=1S/C36H31ClFN3O8/c1-3-49-27-6-4-5-24(30(27)42)29-22-15-16-23-28(33(45)40(31(23)43)35(47)48-2)25(22)17-26-32(44)41(39-21-13-11-20(38)12-14-21)34(46)36(26,29)18-7-9-19(37)10-8-18/h4-15,23,25-26,28-29,39,42H,3,16-17H2,1-2H3. The van der Waals surface area contributed by atoms with Crippen molar-refractivity contribution in [3.8, 4) is 11.5 Å². The normalized spacial score (nSPS) is 27.3. The Balaban J connectivity index is 1.48. The van der Waals surface area contributed by atoms with Crippen LogP contribution in [0.5, 0.6) is 11.5 Å². The van der Waals surface area contributed by atoms with Gasteiger partial charge in [-0.1, -0.05) is 47.5 Å². The molecule has 11 nitrogen and oxygen atoms in total. The van der Waals surface area contributed by atoms with E-state index in [-0.39, 0.29) is 42.2 Å². The van der Waals surface area contributed by atoms with Gasteiger partial charge in [-0.15, -0.1) is 0 Å². The van der Waals surface area contributed by atoms with E-state index in [4.69, 9.17) is 21.1 Å². The number of fused-ring (bicyclic) bond motifs is 4. The molecule has 3 fully saturated rings. The minimum atomic E-state index is -1.69. The van der Waals surface area contributed by atoms with E-state index in [0.717, 1.165) is 12.1 Å². The number of likely N-dealkylation sites (tertiary alicyclic amines) is 1. The fourth-order valence-corrected chi connectivity index (χ4v) is 8.44. The maximum Gasteiger partial charge on any atom is 0.423 e. The van der Waals surface area contributed by atoms with E-state index in [9.17, 15) is 28.7 Å². The van der Waals surface area contributed by atoms with E-state index in [1.165, 1.54) is 24.3 Å². The third-order valence-corrected chi connectivity index (χ3v) is 10.5. The molecule has 5 amide bonds. The average Bonchev–Trinajstić information content (AvgIpc) is 3.47. The van der Waals surface area contributed by atoms with E-state index in [0.29, 0.717) is 21.1 Å². The van der Waals surface area contributed by atoms with Crippen LogP contribution in [0.3, 0.4) is 0 Å². The van der Waals surface area contributed by atoms with E-state index in [2.05, 4.69) is 5.43 Å². The topological polar surface area (TPSA) is 143 Å². The van der Waals surface area contributed by atoms with Crippen molar-refractivity contribution in [2.75, 3.05) is 19.1 Å². The van der Waals surface area contributed by atoms with Crippen LogP contribution in [0.25, 0.3) is 0 Å². The van der Waals surface area contributed by atoms with Crippen molar-refractivity contribution in [2.24, 2.45) is 23.7 Å². The number of imide groups is 4. The van der Waals surface area contributed by atoms with Crippen molar-refractivity contribution < 1.29 is 42.9 Å². The number of hydrogen-bond donors (Lipinski definition) is 2. The average molecular weight is 688 g/mol. The van der Waals surface area contributed by atoms with Crippen molar-refractivity contribution in [3.63, 3.8) is 0 Å². The molecule has 7 rings (SSSR count). The molecule has 0 bridgehead atoms. The van der Waals surface area contributed by atoms with Gasteiger partial charge in [-0.25, -0.2) is 9.18 Å². The molecule has 2 aliphatic heterocycles. The number of rotatable bonds is 6. The van der Waals surface area contributed by atoms with Crippen LogP contribution in [-0.2, 0) is 29.3 Å². The number of allylic oxidation sites excluding steroid dienone is 2. The molecule has 3 aromatic carbocycles. The predicted octanol–water partition coefficient (Wildman–Crippen LogP) is 5.33. The number of phenols is 1. The second-order valence-electron chi connectivity index (χ2n) is 12.5. The second-order valence-corrected chi connectivity index (χ2v) is 12.9. The van der Waals surface area contributed by atoms with Crippen molar-refractivity contribution in [1.82, 2.24) is 9.91 Å². The largest absolute Gasteiger partial charge is 0.504 e. The lowest BCUT2D eigenvalue weighted by Crippen LogP contribution is -2.53. The highest BCUT2D eigenvalue weighted by molar-refractivity contribution is 6.30. The fourth-order valence-electron chi connectivity index (χ4n) is 8.32. The van der Waals surface area contributed by atoms with Gasteiger partial charge in [0.1, 0.15) is 5.82 Å². The summed E-state index contributed by atoms with van der Waals surface area (Å²) in [7, 11) is 1.07. The highest BCUT2D eigenvalue weighted by Crippen LogP contribution is 2.65. The minimum Gasteiger partial charge on any atom is -0.504 e. The Labute approximate surface area is 285 Å². The number of hydrogen-bond acceptors (Lipinski definition) is 9. The number of halogens is 2. The Morgan fingerprint density at radius 3 is 2.39 bits per heavy atom. The van der Waals surface area contributed by atoms with E-state index in [1.54, 1.807) is 55.5 Å². The molecular formula is C36H31ClFN3O8. The molecule has 2 heterocycles. The summed E-state index contributed by atoms with van der Waals surface area (Å²) in [5, 5.41) is 13.1. The maximum atomic E-state index is 15.1. The summed E-state index contributed by atoms with van der Waals surface area (Å²) in [6, 6.07) is 16.6. The predicted molar refractivity (Wildman–Crippen MR) is 173 cm³/mol. The number of anilines is 1. The first-order valence-corrected chi connectivity index (χ1v) is 16.2. The summed E-state index contributed by atoms with van der Waals surface area (Å²) in [4.78, 5) is 70.2. The molecule has 2 N–H and O–H groups in total. The number of carbonyl (C=O) groups excluding carboxylic acids is 5. The Morgan fingerprint density at radius 2 is 1.71 bits per heavy atom. The molecule has 6 unspecified atom stereocenters. The lowest BCUT2D eigenvalue weighted by molar-refractivity contribution is -0.140. The van der Waals surface area contributed by atoms with E-state index in [1.807, 2.05) is 0 Å². The number of methoxy groups -OCH3 is 1. The number of phenolic OH excluding ortho intramolecular Hbond substituents is 1. The number of amides is 5. The maximum absolute atomic E-state index is 15.1. The van der Waals surface area contributed by atoms with Crippen LogP contribution >= 0.6 is 11.6 Å². The molecule has 49 heavy (non-hydrogen) atoms. The van der Waals surface area contributed by atoms with Crippen molar-refractivity contribution in [2.45, 2.75) is 31.1 Å². The molecule has 1 saturated carbocycles. The number of nitrogens with one attached hydrogen (secondary N) is 1. The summed E-state index contributed by atoms with van der Waals surface area (Å²) in [6.07, 6.45) is 0.713. The molecule has 3 aromatic rings. The van der Waals surface area contributed by atoms with Crippen LogP contribution in [0, 0.1) is 29.5 Å². The Hall–Kier alpha value is -5.23. The third kappa shape index (κ3) is 4.72. The van der Waals surface area contributed by atoms with E-state index < -0.39 is 70.5 Å². The minimum absolute atomic E-state index is 0.0434. The molecule has 13 heteroatoms. The number of nitrogens with zero attached hydrogens (tertiary/aromatic N) is 2. The zero-order chi connectivity index (χ0) is 34.8. The van der Waals surface area contributed by atoms with Crippen molar-refractivity contribution in [1.29, 1.82) is 0 Å². The van der Waals surface area contributed by atoms with Gasteiger partial charge in [0.2, 0.25) is 11.8 Å². The van der Waals surface area contributed by atoms with Gasteiger partial charge >= 0.3 is 6.09 Å². The van der Waals surface area contributed by atoms with Crippen molar-refractivity contribution in [3.05, 3.63) is 100 Å². The van der Waals surface area contributed by atoms with Gasteiger partial charge in [-0.2, -0.15) is 9.91 Å². The zero-order valence-electron chi connectivity index (χ0n) is 26.4. The first-order valence-electron chi connectivity index (χ1n) is 15.8. The van der Waals surface area contributed by atoms with Crippen LogP contribution in [0.2, 0.25) is 5.02 Å². The van der Waals surface area contributed by atoms with Gasteiger partial charge < -0.3 is 14.6 Å². The molecule has 252 valence electrons. The molecule has 2 saturated heterocycles. The van der Waals surface area contributed by atoms with Gasteiger partial charge in [-0.3, -0.25) is 24.6 Å². The molecule has 0 radical (unpaired) electrons. The van der Waals surface area contributed by atoms with Gasteiger partial charge in [-0.05, 0) is 73.7 Å². The molecular weight excluding hydrogens is 657 g/mol. The Morgan fingerprint density at radius 1 is 1.00 bits per heavy atom. The highest BCUT2D eigenvalue weighted by atomic mass is 35.5.